The van der Waals surface area contributed by atoms with Crippen LogP contribution >= 0.6 is 0 Å². The summed E-state index contributed by atoms with van der Waals surface area (Å²) in [4.78, 5) is 9.05. The van der Waals surface area contributed by atoms with Gasteiger partial charge in [-0.3, -0.25) is 0 Å². The predicted octanol–water partition coefficient (Wildman–Crippen LogP) is 4.22. The minimum absolute atomic E-state index is 0.132. The molecule has 1 heterocycles. The van der Waals surface area contributed by atoms with Crippen LogP contribution in [0.1, 0.15) is 37.7 Å². The normalized spacial score (nSPS) is 11.3. The van der Waals surface area contributed by atoms with Crippen molar-refractivity contribution in [3.8, 4) is 11.6 Å². The van der Waals surface area contributed by atoms with Crippen molar-refractivity contribution in [1.29, 1.82) is 0 Å². The smallest absolute Gasteiger partial charge is 0.224 e. The summed E-state index contributed by atoms with van der Waals surface area (Å²) in [5.41, 5.74) is 2.19. The van der Waals surface area contributed by atoms with E-state index >= 15 is 0 Å². The highest BCUT2D eigenvalue weighted by Gasteiger charge is 2.19. The minimum atomic E-state index is -0.132. The van der Waals surface area contributed by atoms with Gasteiger partial charge in [-0.1, -0.05) is 32.9 Å². The van der Waals surface area contributed by atoms with Gasteiger partial charge in [0.25, 0.3) is 0 Å². The molecule has 0 unspecified atom stereocenters. The number of aromatic nitrogens is 2. The van der Waals surface area contributed by atoms with E-state index in [0.29, 0.717) is 5.88 Å². The molecular formula is C17H23N3O. The van der Waals surface area contributed by atoms with Gasteiger partial charge >= 0.3 is 0 Å². The number of nitrogens with one attached hydrogen (secondary N) is 1. The summed E-state index contributed by atoms with van der Waals surface area (Å²) >= 11 is 0. The molecule has 21 heavy (non-hydrogen) atoms. The molecule has 0 fully saturated rings. The molecular weight excluding hydrogens is 262 g/mol. The van der Waals surface area contributed by atoms with Gasteiger partial charge in [-0.15, -0.1) is 0 Å². The van der Waals surface area contributed by atoms with Crippen LogP contribution in [0.15, 0.2) is 24.3 Å². The van der Waals surface area contributed by atoms with E-state index in [4.69, 9.17) is 4.74 Å². The Morgan fingerprint density at radius 3 is 2.43 bits per heavy atom. The van der Waals surface area contributed by atoms with Crippen molar-refractivity contribution in [2.75, 3.05) is 12.4 Å². The quantitative estimate of drug-likeness (QED) is 0.917. The molecule has 0 spiro atoms. The summed E-state index contributed by atoms with van der Waals surface area (Å²) in [6, 6.07) is 7.83. The fourth-order valence-corrected chi connectivity index (χ4v) is 1.89. The molecule has 1 aromatic heterocycles. The van der Waals surface area contributed by atoms with E-state index in [-0.39, 0.29) is 5.41 Å². The summed E-state index contributed by atoms with van der Waals surface area (Å²) in [6.45, 7) is 10.4. The third kappa shape index (κ3) is 3.51. The van der Waals surface area contributed by atoms with Crippen molar-refractivity contribution < 1.29 is 4.74 Å². The number of benzene rings is 1. The number of aryl methyl sites for hydroxylation is 1. The summed E-state index contributed by atoms with van der Waals surface area (Å²) in [7, 11) is 1.84. The lowest BCUT2D eigenvalue weighted by molar-refractivity contribution is 0.443. The van der Waals surface area contributed by atoms with Crippen LogP contribution in [0.25, 0.3) is 0 Å². The monoisotopic (exact) mass is 285 g/mol. The minimum Gasteiger partial charge on any atom is -0.439 e. The first-order chi connectivity index (χ1) is 9.81. The molecule has 0 amide bonds. The van der Waals surface area contributed by atoms with Gasteiger partial charge in [0.05, 0.1) is 0 Å². The SMILES string of the molecule is CNc1cc(Oc2cccc(C)c2C)nc(C(C)(C)C)n1. The van der Waals surface area contributed by atoms with Gasteiger partial charge < -0.3 is 10.1 Å². The van der Waals surface area contributed by atoms with Crippen molar-refractivity contribution in [2.24, 2.45) is 0 Å². The number of rotatable bonds is 3. The van der Waals surface area contributed by atoms with E-state index < -0.39 is 0 Å². The molecule has 112 valence electrons. The molecule has 4 heteroatoms. The van der Waals surface area contributed by atoms with E-state index in [1.165, 1.54) is 5.56 Å². The Hall–Kier alpha value is -2.10. The molecule has 4 nitrogen and oxygen atoms in total. The third-order valence-corrected chi connectivity index (χ3v) is 3.40. The van der Waals surface area contributed by atoms with E-state index in [9.17, 15) is 0 Å². The molecule has 0 saturated heterocycles. The molecule has 0 atom stereocenters. The number of anilines is 1. The van der Waals surface area contributed by atoms with Crippen molar-refractivity contribution in [3.05, 3.63) is 41.2 Å². The molecule has 0 aliphatic rings. The fourth-order valence-electron chi connectivity index (χ4n) is 1.89. The Bertz CT molecular complexity index is 645. The highest BCUT2D eigenvalue weighted by Crippen LogP contribution is 2.29. The Labute approximate surface area is 126 Å². The summed E-state index contributed by atoms with van der Waals surface area (Å²) in [5.74, 6) is 2.91. The van der Waals surface area contributed by atoms with E-state index in [0.717, 1.165) is 23.0 Å². The Morgan fingerprint density at radius 1 is 1.10 bits per heavy atom. The lowest BCUT2D eigenvalue weighted by atomic mass is 9.96. The van der Waals surface area contributed by atoms with E-state index in [1.54, 1.807) is 0 Å². The number of hydrogen-bond donors (Lipinski definition) is 1. The molecule has 0 bridgehead atoms. The molecule has 0 radical (unpaired) electrons. The largest absolute Gasteiger partial charge is 0.439 e. The van der Waals surface area contributed by atoms with E-state index in [2.05, 4.69) is 56.0 Å². The highest BCUT2D eigenvalue weighted by atomic mass is 16.5. The molecule has 0 saturated carbocycles. The van der Waals surface area contributed by atoms with Crippen molar-refractivity contribution in [2.45, 2.75) is 40.0 Å². The zero-order chi connectivity index (χ0) is 15.6. The van der Waals surface area contributed by atoms with Crippen LogP contribution in [0.3, 0.4) is 0 Å². The second-order valence-electron chi connectivity index (χ2n) is 6.22. The van der Waals surface area contributed by atoms with Crippen LogP contribution in [-0.4, -0.2) is 17.0 Å². The van der Waals surface area contributed by atoms with Gasteiger partial charge in [0.2, 0.25) is 5.88 Å². The Balaban J connectivity index is 2.42. The average molecular weight is 285 g/mol. The van der Waals surface area contributed by atoms with Crippen LogP contribution in [0.5, 0.6) is 11.6 Å². The first-order valence-electron chi connectivity index (χ1n) is 7.12. The lowest BCUT2D eigenvalue weighted by Gasteiger charge is -2.19. The van der Waals surface area contributed by atoms with Crippen molar-refractivity contribution in [1.82, 2.24) is 9.97 Å². The number of ether oxygens (including phenoxy) is 1. The second kappa shape index (κ2) is 5.72. The molecule has 0 aliphatic heterocycles. The highest BCUT2D eigenvalue weighted by molar-refractivity contribution is 5.43. The first kappa shape index (κ1) is 15.3. The van der Waals surface area contributed by atoms with E-state index in [1.807, 2.05) is 25.2 Å². The summed E-state index contributed by atoms with van der Waals surface area (Å²) in [5, 5.41) is 3.06. The maximum atomic E-state index is 5.98. The van der Waals surface area contributed by atoms with Crippen LogP contribution in [0.2, 0.25) is 0 Å². The Morgan fingerprint density at radius 2 is 1.81 bits per heavy atom. The Kier molecular flexibility index (Phi) is 4.16. The average Bonchev–Trinajstić information content (AvgIpc) is 2.42. The zero-order valence-electron chi connectivity index (χ0n) is 13.6. The topological polar surface area (TPSA) is 47.0 Å². The molecule has 1 aromatic carbocycles. The zero-order valence-corrected chi connectivity index (χ0v) is 13.6. The van der Waals surface area contributed by atoms with Crippen LogP contribution in [0.4, 0.5) is 5.82 Å². The molecule has 2 aromatic rings. The maximum absolute atomic E-state index is 5.98. The third-order valence-electron chi connectivity index (χ3n) is 3.40. The van der Waals surface area contributed by atoms with Crippen molar-refractivity contribution >= 4 is 5.82 Å². The maximum Gasteiger partial charge on any atom is 0.224 e. The number of hydrogen-bond acceptors (Lipinski definition) is 4. The summed E-state index contributed by atoms with van der Waals surface area (Å²) < 4.78 is 5.98. The number of nitrogens with zero attached hydrogens (tertiary/aromatic N) is 2. The standard InChI is InChI=1S/C17H23N3O/c1-11-8-7-9-13(12(11)2)21-15-10-14(18-6)19-16(20-15)17(3,4)5/h7-10H,1-6H3,(H,18,19,20). The first-order valence-corrected chi connectivity index (χ1v) is 7.12. The predicted molar refractivity (Wildman–Crippen MR) is 86.3 cm³/mol. The molecule has 0 aliphatic carbocycles. The molecule has 2 rings (SSSR count). The second-order valence-corrected chi connectivity index (χ2v) is 6.22. The van der Waals surface area contributed by atoms with Gasteiger partial charge in [-0.05, 0) is 31.0 Å². The van der Waals surface area contributed by atoms with Gasteiger partial charge in [0, 0.05) is 18.5 Å². The fraction of sp³-hybridized carbons (Fsp3) is 0.412. The molecule has 1 N–H and O–H groups in total. The summed E-state index contributed by atoms with van der Waals surface area (Å²) in [6.07, 6.45) is 0. The van der Waals surface area contributed by atoms with Crippen LogP contribution in [-0.2, 0) is 5.41 Å². The van der Waals surface area contributed by atoms with Gasteiger partial charge in [0.15, 0.2) is 0 Å². The van der Waals surface area contributed by atoms with Crippen LogP contribution < -0.4 is 10.1 Å². The van der Waals surface area contributed by atoms with Gasteiger partial charge in [0.1, 0.15) is 17.4 Å². The van der Waals surface area contributed by atoms with Gasteiger partial charge in [-0.25, -0.2) is 4.98 Å². The van der Waals surface area contributed by atoms with Crippen LogP contribution in [0, 0.1) is 13.8 Å². The van der Waals surface area contributed by atoms with Gasteiger partial charge in [-0.2, -0.15) is 4.98 Å². The van der Waals surface area contributed by atoms with Crippen molar-refractivity contribution in [3.63, 3.8) is 0 Å². The lowest BCUT2D eigenvalue weighted by Crippen LogP contribution is -2.17.